The van der Waals surface area contributed by atoms with Gasteiger partial charge < -0.3 is 14.8 Å². The third-order valence-electron chi connectivity index (χ3n) is 2.28. The summed E-state index contributed by atoms with van der Waals surface area (Å²) in [5.74, 6) is 0.702. The van der Waals surface area contributed by atoms with E-state index in [4.69, 9.17) is 21.1 Å². The first kappa shape index (κ1) is 15.1. The zero-order valence-corrected chi connectivity index (χ0v) is 11.8. The predicted octanol–water partition coefficient (Wildman–Crippen LogP) is 3.43. The molecule has 0 aromatic heterocycles. The Balaban J connectivity index is 2.94. The zero-order chi connectivity index (χ0) is 14.3. The van der Waals surface area contributed by atoms with Crippen LogP contribution in [0, 0.1) is 0 Å². The van der Waals surface area contributed by atoms with Gasteiger partial charge in [0.15, 0.2) is 0 Å². The molecular formula is C14H16ClNO3. The van der Waals surface area contributed by atoms with Crippen LogP contribution in [0.25, 0.3) is 0 Å². The molecule has 1 amide bonds. The Bertz CT molecular complexity index is 510. The molecule has 0 saturated heterocycles. The van der Waals surface area contributed by atoms with Crippen LogP contribution in [0.5, 0.6) is 11.5 Å². The highest BCUT2D eigenvalue weighted by atomic mass is 35.5. The Morgan fingerprint density at radius 1 is 1.21 bits per heavy atom. The highest BCUT2D eigenvalue weighted by Gasteiger charge is 2.11. The lowest BCUT2D eigenvalue weighted by Gasteiger charge is -2.12. The highest BCUT2D eigenvalue weighted by molar-refractivity contribution is 6.32. The van der Waals surface area contributed by atoms with Crippen molar-refractivity contribution in [2.45, 2.75) is 6.92 Å². The van der Waals surface area contributed by atoms with Gasteiger partial charge in [-0.15, -0.1) is 0 Å². The van der Waals surface area contributed by atoms with Gasteiger partial charge in [-0.3, -0.25) is 4.79 Å². The van der Waals surface area contributed by atoms with E-state index < -0.39 is 0 Å². The van der Waals surface area contributed by atoms with E-state index in [9.17, 15) is 4.79 Å². The Labute approximate surface area is 117 Å². The fraction of sp³-hybridized carbons (Fsp3) is 0.214. The second-order valence-corrected chi connectivity index (χ2v) is 3.97. The van der Waals surface area contributed by atoms with Crippen LogP contribution in [0.4, 0.5) is 5.69 Å². The van der Waals surface area contributed by atoms with Crippen molar-refractivity contribution in [2.75, 3.05) is 19.5 Å². The number of amides is 1. The van der Waals surface area contributed by atoms with Gasteiger partial charge in [-0.25, -0.2) is 0 Å². The van der Waals surface area contributed by atoms with Gasteiger partial charge in [-0.1, -0.05) is 29.8 Å². The lowest BCUT2D eigenvalue weighted by Crippen LogP contribution is -2.09. The molecule has 19 heavy (non-hydrogen) atoms. The van der Waals surface area contributed by atoms with Crippen molar-refractivity contribution in [2.24, 2.45) is 0 Å². The first-order valence-electron chi connectivity index (χ1n) is 5.64. The molecule has 4 nitrogen and oxygen atoms in total. The monoisotopic (exact) mass is 281 g/mol. The standard InChI is InChI=1S/C14H16ClNO3/c1-4-5-6-7-14(17)16-11-8-10(15)12(18-2)9-13(11)19-3/h4-9H,1-3H3,(H,16,17)/b5-4+,7-6-. The summed E-state index contributed by atoms with van der Waals surface area (Å²) in [6.45, 7) is 1.87. The van der Waals surface area contributed by atoms with Gasteiger partial charge >= 0.3 is 0 Å². The van der Waals surface area contributed by atoms with Gasteiger partial charge in [0.05, 0.1) is 24.9 Å². The largest absolute Gasteiger partial charge is 0.495 e. The van der Waals surface area contributed by atoms with Gasteiger partial charge in [0, 0.05) is 12.1 Å². The molecular weight excluding hydrogens is 266 g/mol. The lowest BCUT2D eigenvalue weighted by atomic mass is 10.2. The van der Waals surface area contributed by atoms with E-state index in [1.807, 2.05) is 13.0 Å². The molecule has 1 N–H and O–H groups in total. The summed E-state index contributed by atoms with van der Waals surface area (Å²) in [5, 5.41) is 3.09. The molecule has 0 bridgehead atoms. The van der Waals surface area contributed by atoms with Crippen LogP contribution in [0.1, 0.15) is 6.92 Å². The number of anilines is 1. The van der Waals surface area contributed by atoms with E-state index in [-0.39, 0.29) is 5.91 Å². The third-order valence-corrected chi connectivity index (χ3v) is 2.58. The van der Waals surface area contributed by atoms with Crippen LogP contribution in [0.3, 0.4) is 0 Å². The first-order chi connectivity index (χ1) is 9.12. The fourth-order valence-electron chi connectivity index (χ4n) is 1.39. The van der Waals surface area contributed by atoms with E-state index in [1.165, 1.54) is 20.3 Å². The molecule has 0 radical (unpaired) electrons. The molecule has 0 unspecified atom stereocenters. The second-order valence-electron chi connectivity index (χ2n) is 3.56. The molecule has 0 heterocycles. The van der Waals surface area contributed by atoms with Gasteiger partial charge in [0.1, 0.15) is 11.5 Å². The molecule has 0 aliphatic heterocycles. The molecule has 1 aromatic rings. The number of carbonyl (C=O) groups excluding carboxylic acids is 1. The van der Waals surface area contributed by atoms with Crippen LogP contribution in [-0.2, 0) is 4.79 Å². The molecule has 0 aliphatic rings. The molecule has 0 atom stereocenters. The number of benzene rings is 1. The number of hydrogen-bond acceptors (Lipinski definition) is 3. The van der Waals surface area contributed by atoms with Gasteiger partial charge in [0.2, 0.25) is 5.91 Å². The number of rotatable bonds is 5. The maximum Gasteiger partial charge on any atom is 0.248 e. The third kappa shape index (κ3) is 4.34. The zero-order valence-electron chi connectivity index (χ0n) is 11.1. The van der Waals surface area contributed by atoms with E-state index in [2.05, 4.69) is 5.32 Å². The van der Waals surface area contributed by atoms with E-state index in [1.54, 1.807) is 24.3 Å². The average Bonchev–Trinajstić information content (AvgIpc) is 2.39. The lowest BCUT2D eigenvalue weighted by molar-refractivity contribution is -0.111. The van der Waals surface area contributed by atoms with E-state index >= 15 is 0 Å². The van der Waals surface area contributed by atoms with Crippen molar-refractivity contribution in [1.29, 1.82) is 0 Å². The number of nitrogens with one attached hydrogen (secondary N) is 1. The molecule has 1 rings (SSSR count). The number of allylic oxidation sites excluding steroid dienone is 3. The highest BCUT2D eigenvalue weighted by Crippen LogP contribution is 2.35. The first-order valence-corrected chi connectivity index (χ1v) is 6.02. The molecule has 1 aromatic carbocycles. The van der Waals surface area contributed by atoms with Gasteiger partial charge in [-0.05, 0) is 13.0 Å². The van der Waals surface area contributed by atoms with Crippen molar-refractivity contribution in [1.82, 2.24) is 0 Å². The number of hydrogen-bond donors (Lipinski definition) is 1. The van der Waals surface area contributed by atoms with Crippen molar-refractivity contribution >= 4 is 23.2 Å². The summed E-state index contributed by atoms with van der Waals surface area (Å²) >= 11 is 6.01. The van der Waals surface area contributed by atoms with E-state index in [0.717, 1.165) is 0 Å². The number of methoxy groups -OCH3 is 2. The van der Waals surface area contributed by atoms with Gasteiger partial charge in [-0.2, -0.15) is 0 Å². The minimum atomic E-state index is -0.266. The smallest absolute Gasteiger partial charge is 0.248 e. The number of halogens is 1. The molecule has 0 spiro atoms. The quantitative estimate of drug-likeness (QED) is 0.664. The van der Waals surface area contributed by atoms with E-state index in [0.29, 0.717) is 22.2 Å². The van der Waals surface area contributed by atoms with Crippen LogP contribution in [0.2, 0.25) is 5.02 Å². The minimum Gasteiger partial charge on any atom is -0.495 e. The van der Waals surface area contributed by atoms with Crippen LogP contribution < -0.4 is 14.8 Å². The summed E-state index contributed by atoms with van der Waals surface area (Å²) in [6, 6.07) is 3.20. The van der Waals surface area contributed by atoms with Crippen LogP contribution in [-0.4, -0.2) is 20.1 Å². The normalized spacial score (nSPS) is 10.9. The molecule has 0 saturated carbocycles. The molecule has 102 valence electrons. The molecule has 5 heteroatoms. The topological polar surface area (TPSA) is 47.6 Å². The summed E-state index contributed by atoms with van der Waals surface area (Å²) in [6.07, 6.45) is 6.65. The maximum atomic E-state index is 11.7. The Hall–Kier alpha value is -1.94. The second kappa shape index (κ2) is 7.48. The Morgan fingerprint density at radius 3 is 2.47 bits per heavy atom. The Morgan fingerprint density at radius 2 is 1.89 bits per heavy atom. The molecule has 0 fully saturated rings. The summed E-state index contributed by atoms with van der Waals surface area (Å²) in [5.41, 5.74) is 0.489. The number of ether oxygens (including phenoxy) is 2. The predicted molar refractivity (Wildman–Crippen MR) is 77.1 cm³/mol. The van der Waals surface area contributed by atoms with Crippen molar-refractivity contribution < 1.29 is 14.3 Å². The number of carbonyl (C=O) groups is 1. The summed E-state index contributed by atoms with van der Waals surface area (Å²) in [7, 11) is 3.02. The summed E-state index contributed by atoms with van der Waals surface area (Å²) < 4.78 is 10.3. The fourth-order valence-corrected chi connectivity index (χ4v) is 1.63. The minimum absolute atomic E-state index is 0.266. The van der Waals surface area contributed by atoms with Crippen LogP contribution in [0.15, 0.2) is 36.4 Å². The van der Waals surface area contributed by atoms with Crippen molar-refractivity contribution in [3.63, 3.8) is 0 Å². The van der Waals surface area contributed by atoms with Gasteiger partial charge in [0.25, 0.3) is 0 Å². The van der Waals surface area contributed by atoms with Crippen molar-refractivity contribution in [3.05, 3.63) is 41.5 Å². The SMILES string of the molecule is C/C=C/C=C\C(=O)Nc1cc(Cl)c(OC)cc1OC. The molecule has 0 aliphatic carbocycles. The average molecular weight is 282 g/mol. The summed E-state index contributed by atoms with van der Waals surface area (Å²) in [4.78, 5) is 11.7. The van der Waals surface area contributed by atoms with Crippen molar-refractivity contribution in [3.8, 4) is 11.5 Å². The Kier molecular flexibility index (Phi) is 5.96. The van der Waals surface area contributed by atoms with Crippen LogP contribution >= 0.6 is 11.6 Å². The maximum absolute atomic E-state index is 11.7.